The van der Waals surface area contributed by atoms with Gasteiger partial charge in [0.15, 0.2) is 5.82 Å². The Hall–Kier alpha value is -1.69. The normalized spacial score (nSPS) is 13.0. The van der Waals surface area contributed by atoms with Gasteiger partial charge in [0.2, 0.25) is 0 Å². The predicted molar refractivity (Wildman–Crippen MR) is 53.0 cm³/mol. The Morgan fingerprint density at radius 2 is 2.27 bits per heavy atom. The van der Waals surface area contributed by atoms with Gasteiger partial charge in [0, 0.05) is 7.05 Å². The molecule has 6 heteroatoms. The quantitative estimate of drug-likeness (QED) is 0.775. The molecule has 0 bridgehead atoms. The van der Waals surface area contributed by atoms with Crippen LogP contribution in [0.1, 0.15) is 24.5 Å². The molecule has 1 atom stereocenters. The first-order chi connectivity index (χ1) is 7.24. The molecule has 2 aromatic heterocycles. The molecule has 0 radical (unpaired) electrons. The van der Waals surface area contributed by atoms with Crippen molar-refractivity contribution < 1.29 is 5.11 Å². The molecular weight excluding hydrogens is 194 g/mol. The zero-order valence-corrected chi connectivity index (χ0v) is 8.70. The number of aliphatic hydroxyl groups excluding tert-OH is 1. The van der Waals surface area contributed by atoms with Crippen LogP contribution in [0.25, 0.3) is 0 Å². The average molecular weight is 207 g/mol. The van der Waals surface area contributed by atoms with Crippen molar-refractivity contribution in [2.24, 2.45) is 7.05 Å². The maximum absolute atomic E-state index is 9.12. The van der Waals surface area contributed by atoms with E-state index in [2.05, 4.69) is 15.2 Å². The van der Waals surface area contributed by atoms with Crippen LogP contribution in [0.4, 0.5) is 0 Å². The minimum atomic E-state index is -0.0256. The summed E-state index contributed by atoms with van der Waals surface area (Å²) in [6, 6.07) is 0.0159. The van der Waals surface area contributed by atoms with E-state index in [0.717, 1.165) is 11.5 Å². The Kier molecular flexibility index (Phi) is 2.51. The zero-order chi connectivity index (χ0) is 10.8. The average Bonchev–Trinajstić information content (AvgIpc) is 2.84. The second-order valence-corrected chi connectivity index (χ2v) is 3.43. The molecule has 2 heterocycles. The molecule has 0 saturated heterocycles. The standard InChI is InChI=1S/C9H13N5O/c1-7(9-12-11-6-13(9)2)14-5-10-3-8(14)4-15/h3,5-7,15H,4H2,1-2H3. The fourth-order valence-electron chi connectivity index (χ4n) is 1.60. The van der Waals surface area contributed by atoms with E-state index >= 15 is 0 Å². The Balaban J connectivity index is 2.36. The summed E-state index contributed by atoms with van der Waals surface area (Å²) in [6.45, 7) is 1.97. The first kappa shape index (κ1) is 9.85. The summed E-state index contributed by atoms with van der Waals surface area (Å²) < 4.78 is 3.73. The summed E-state index contributed by atoms with van der Waals surface area (Å²) in [6.07, 6.45) is 4.99. The first-order valence-electron chi connectivity index (χ1n) is 4.69. The van der Waals surface area contributed by atoms with Gasteiger partial charge in [-0.05, 0) is 6.92 Å². The largest absolute Gasteiger partial charge is 0.390 e. The van der Waals surface area contributed by atoms with E-state index in [4.69, 9.17) is 5.11 Å². The van der Waals surface area contributed by atoms with Crippen molar-refractivity contribution in [1.29, 1.82) is 0 Å². The molecule has 0 saturated carbocycles. The maximum Gasteiger partial charge on any atom is 0.155 e. The smallest absolute Gasteiger partial charge is 0.155 e. The van der Waals surface area contributed by atoms with Crippen LogP contribution in [-0.4, -0.2) is 29.4 Å². The number of aryl methyl sites for hydroxylation is 1. The third-order valence-corrected chi connectivity index (χ3v) is 2.45. The second-order valence-electron chi connectivity index (χ2n) is 3.43. The molecule has 0 spiro atoms. The summed E-state index contributed by atoms with van der Waals surface area (Å²) in [4.78, 5) is 4.00. The molecule has 80 valence electrons. The molecule has 1 unspecified atom stereocenters. The van der Waals surface area contributed by atoms with Gasteiger partial charge in [-0.1, -0.05) is 0 Å². The molecule has 2 aromatic rings. The van der Waals surface area contributed by atoms with Crippen molar-refractivity contribution >= 4 is 0 Å². The van der Waals surface area contributed by atoms with Crippen molar-refractivity contribution in [2.75, 3.05) is 0 Å². The third-order valence-electron chi connectivity index (χ3n) is 2.45. The minimum Gasteiger partial charge on any atom is -0.390 e. The highest BCUT2D eigenvalue weighted by Crippen LogP contribution is 2.16. The van der Waals surface area contributed by atoms with E-state index in [1.807, 2.05) is 23.1 Å². The number of rotatable bonds is 3. The zero-order valence-electron chi connectivity index (χ0n) is 8.70. The lowest BCUT2D eigenvalue weighted by Gasteiger charge is -2.14. The Morgan fingerprint density at radius 3 is 2.87 bits per heavy atom. The topological polar surface area (TPSA) is 68.8 Å². The van der Waals surface area contributed by atoms with E-state index in [-0.39, 0.29) is 12.6 Å². The highest BCUT2D eigenvalue weighted by atomic mass is 16.3. The van der Waals surface area contributed by atoms with E-state index in [1.165, 1.54) is 0 Å². The fourth-order valence-corrected chi connectivity index (χ4v) is 1.60. The Labute approximate surface area is 87.2 Å². The molecule has 1 N–H and O–H groups in total. The van der Waals surface area contributed by atoms with Gasteiger partial charge in [0.25, 0.3) is 0 Å². The van der Waals surface area contributed by atoms with Crippen LogP contribution < -0.4 is 0 Å². The predicted octanol–water partition coefficient (Wildman–Crippen LogP) is 0.113. The summed E-state index contributed by atoms with van der Waals surface area (Å²) in [7, 11) is 1.89. The Bertz CT molecular complexity index is 447. The first-order valence-corrected chi connectivity index (χ1v) is 4.69. The molecule has 0 aliphatic rings. The molecule has 6 nitrogen and oxygen atoms in total. The summed E-state index contributed by atoms with van der Waals surface area (Å²) >= 11 is 0. The molecule has 15 heavy (non-hydrogen) atoms. The van der Waals surface area contributed by atoms with Crippen LogP contribution in [0.2, 0.25) is 0 Å². The van der Waals surface area contributed by atoms with Crippen molar-refractivity contribution in [3.05, 3.63) is 30.4 Å². The van der Waals surface area contributed by atoms with E-state index in [1.54, 1.807) is 18.9 Å². The van der Waals surface area contributed by atoms with Crippen LogP contribution in [0.3, 0.4) is 0 Å². The lowest BCUT2D eigenvalue weighted by Crippen LogP contribution is -2.13. The number of imidazole rings is 1. The molecule has 0 amide bonds. The van der Waals surface area contributed by atoms with Gasteiger partial charge in [-0.2, -0.15) is 0 Å². The molecule has 0 aromatic carbocycles. The van der Waals surface area contributed by atoms with Crippen molar-refractivity contribution in [1.82, 2.24) is 24.3 Å². The minimum absolute atomic E-state index is 0.0159. The van der Waals surface area contributed by atoms with Crippen LogP contribution in [-0.2, 0) is 13.7 Å². The maximum atomic E-state index is 9.12. The van der Waals surface area contributed by atoms with Crippen molar-refractivity contribution in [2.45, 2.75) is 19.6 Å². The van der Waals surface area contributed by atoms with Crippen LogP contribution in [0.5, 0.6) is 0 Å². The van der Waals surface area contributed by atoms with Gasteiger partial charge in [-0.15, -0.1) is 10.2 Å². The van der Waals surface area contributed by atoms with Gasteiger partial charge in [-0.25, -0.2) is 4.98 Å². The lowest BCUT2D eigenvalue weighted by atomic mass is 10.3. The highest BCUT2D eigenvalue weighted by Gasteiger charge is 2.15. The van der Waals surface area contributed by atoms with Gasteiger partial charge >= 0.3 is 0 Å². The summed E-state index contributed by atoms with van der Waals surface area (Å²) in [5, 5.41) is 17.0. The number of hydrogen-bond donors (Lipinski definition) is 1. The number of aromatic nitrogens is 5. The van der Waals surface area contributed by atoms with E-state index < -0.39 is 0 Å². The van der Waals surface area contributed by atoms with Gasteiger partial charge in [0.1, 0.15) is 6.33 Å². The van der Waals surface area contributed by atoms with Crippen LogP contribution >= 0.6 is 0 Å². The number of nitrogens with zero attached hydrogens (tertiary/aromatic N) is 5. The summed E-state index contributed by atoms with van der Waals surface area (Å²) in [5.74, 6) is 0.836. The molecule has 0 aliphatic carbocycles. The monoisotopic (exact) mass is 207 g/mol. The lowest BCUT2D eigenvalue weighted by molar-refractivity contribution is 0.268. The second kappa shape index (κ2) is 3.82. The van der Waals surface area contributed by atoms with Crippen molar-refractivity contribution in [3.8, 4) is 0 Å². The molecular formula is C9H13N5O. The van der Waals surface area contributed by atoms with Gasteiger partial charge in [-0.3, -0.25) is 0 Å². The van der Waals surface area contributed by atoms with Gasteiger partial charge in [0.05, 0.1) is 30.9 Å². The van der Waals surface area contributed by atoms with Crippen molar-refractivity contribution in [3.63, 3.8) is 0 Å². The SMILES string of the molecule is CC(c1nncn1C)n1cncc1CO. The number of hydrogen-bond acceptors (Lipinski definition) is 4. The summed E-state index contributed by atoms with van der Waals surface area (Å²) in [5.41, 5.74) is 0.769. The molecule has 2 rings (SSSR count). The number of aliphatic hydroxyl groups is 1. The van der Waals surface area contributed by atoms with Crippen LogP contribution in [0, 0.1) is 0 Å². The van der Waals surface area contributed by atoms with Crippen LogP contribution in [0.15, 0.2) is 18.9 Å². The molecule has 0 aliphatic heterocycles. The highest BCUT2D eigenvalue weighted by molar-refractivity contribution is 5.04. The van der Waals surface area contributed by atoms with Gasteiger partial charge < -0.3 is 14.2 Å². The third kappa shape index (κ3) is 1.63. The molecule has 0 fully saturated rings. The van der Waals surface area contributed by atoms with E-state index in [0.29, 0.717) is 0 Å². The fraction of sp³-hybridized carbons (Fsp3) is 0.444. The Morgan fingerprint density at radius 1 is 1.47 bits per heavy atom. The van der Waals surface area contributed by atoms with E-state index in [9.17, 15) is 0 Å².